The minimum absolute atomic E-state index is 0.795. The van der Waals surface area contributed by atoms with Crippen LogP contribution in [0.3, 0.4) is 0 Å². The number of rotatable bonds is 6. The summed E-state index contributed by atoms with van der Waals surface area (Å²) >= 11 is 0. The van der Waals surface area contributed by atoms with Gasteiger partial charge in [0.05, 0.1) is 25.0 Å². The predicted octanol–water partition coefficient (Wildman–Crippen LogP) is 4.42. The van der Waals surface area contributed by atoms with E-state index in [1.165, 1.54) is 5.56 Å². The maximum absolute atomic E-state index is 10.6. The highest BCUT2D eigenvalue weighted by molar-refractivity contribution is 5.73. The summed E-state index contributed by atoms with van der Waals surface area (Å²) < 4.78 is 103. The molecule has 3 N–H and O–H groups in total. The molecule has 1 aliphatic heterocycles. The quantitative estimate of drug-likeness (QED) is 0.316. The fourth-order valence-corrected chi connectivity index (χ4v) is 3.32. The van der Waals surface area contributed by atoms with Crippen LogP contribution in [-0.4, -0.2) is 89.7 Å². The van der Waals surface area contributed by atoms with Crippen LogP contribution in [0.1, 0.15) is 22.8 Å². The third kappa shape index (κ3) is 15.4. The Kier molecular flexibility index (Phi) is 14.7. The van der Waals surface area contributed by atoms with E-state index < -0.39 is 36.4 Å². The maximum Gasteiger partial charge on any atom is 0.490 e. The van der Waals surface area contributed by atoms with Gasteiger partial charge < -0.3 is 24.3 Å². The molecule has 4 heterocycles. The zero-order valence-electron chi connectivity index (χ0n) is 23.5. The maximum atomic E-state index is 10.6. The van der Waals surface area contributed by atoms with Crippen LogP contribution >= 0.6 is 0 Å². The van der Waals surface area contributed by atoms with Crippen LogP contribution in [0, 0.1) is 0 Å². The number of imidazole rings is 1. The first-order valence-electron chi connectivity index (χ1n) is 12.4. The molecule has 3 aromatic heterocycles. The van der Waals surface area contributed by atoms with Gasteiger partial charge in [-0.05, 0) is 36.9 Å². The number of hydrogen-bond acceptors (Lipinski definition) is 8. The molecule has 0 saturated carbocycles. The number of nitrogens with zero attached hydrogens (tertiary/aromatic N) is 5. The summed E-state index contributed by atoms with van der Waals surface area (Å²) in [6, 6.07) is 8.09. The summed E-state index contributed by atoms with van der Waals surface area (Å²) in [5, 5.41) is 21.4. The normalized spacial score (nSPS) is 13.2. The Bertz CT molecular complexity index is 1320. The number of alkyl halides is 9. The standard InChI is InChI=1S/C19H23N5O.3C2HF3O2/c1-22(14-18-3-2-10-25-18)12-17-13-24-9-8-23(15-19(24)21-17)11-16-4-6-20-7-5-16;3*3-2(4,5)1(6)7/h2-7,10,13H,8-9,11-12,14-15H2,1H3;3*(H,6,7). The number of halogens is 9. The van der Waals surface area contributed by atoms with E-state index in [2.05, 4.69) is 44.7 Å². The van der Waals surface area contributed by atoms with Gasteiger partial charge in [0.25, 0.3) is 0 Å². The molecule has 12 nitrogen and oxygen atoms in total. The number of aliphatic carboxylic acids is 3. The van der Waals surface area contributed by atoms with E-state index in [0.717, 1.165) is 56.5 Å². The van der Waals surface area contributed by atoms with Gasteiger partial charge in [-0.3, -0.25) is 14.8 Å². The van der Waals surface area contributed by atoms with Crippen LogP contribution in [0.4, 0.5) is 39.5 Å². The molecule has 0 fully saturated rings. The Morgan fingerprint density at radius 1 is 0.848 bits per heavy atom. The molecule has 46 heavy (non-hydrogen) atoms. The summed E-state index contributed by atoms with van der Waals surface area (Å²) in [6.45, 7) is 5.50. The Morgan fingerprint density at radius 3 is 1.78 bits per heavy atom. The molecule has 0 saturated heterocycles. The summed E-state index contributed by atoms with van der Waals surface area (Å²) in [5.74, 6) is -6.13. The lowest BCUT2D eigenvalue weighted by atomic mass is 10.2. The van der Waals surface area contributed by atoms with Gasteiger partial charge in [0.15, 0.2) is 0 Å². The second-order valence-corrected chi connectivity index (χ2v) is 9.07. The van der Waals surface area contributed by atoms with Gasteiger partial charge in [0.1, 0.15) is 11.6 Å². The molecule has 1 aliphatic rings. The van der Waals surface area contributed by atoms with Crippen LogP contribution < -0.4 is 0 Å². The van der Waals surface area contributed by atoms with Gasteiger partial charge in [0, 0.05) is 44.8 Å². The van der Waals surface area contributed by atoms with Gasteiger partial charge in [0.2, 0.25) is 0 Å². The molecule has 256 valence electrons. The zero-order valence-corrected chi connectivity index (χ0v) is 23.5. The smallest absolute Gasteiger partial charge is 0.475 e. The molecular formula is C25H26F9N5O7. The number of hydrogen-bond donors (Lipinski definition) is 3. The van der Waals surface area contributed by atoms with Crippen LogP contribution in [0.25, 0.3) is 0 Å². The molecular weight excluding hydrogens is 653 g/mol. The van der Waals surface area contributed by atoms with E-state index in [0.29, 0.717) is 0 Å². The second-order valence-electron chi connectivity index (χ2n) is 9.07. The topological polar surface area (TPSA) is 162 Å². The zero-order chi connectivity index (χ0) is 35.3. The Morgan fingerprint density at radius 2 is 1.35 bits per heavy atom. The van der Waals surface area contributed by atoms with Gasteiger partial charge >= 0.3 is 36.4 Å². The van der Waals surface area contributed by atoms with Crippen molar-refractivity contribution in [2.45, 2.75) is 51.3 Å². The van der Waals surface area contributed by atoms with E-state index >= 15 is 0 Å². The lowest BCUT2D eigenvalue weighted by Crippen LogP contribution is -2.33. The van der Waals surface area contributed by atoms with Gasteiger partial charge in [-0.1, -0.05) is 0 Å². The molecule has 3 aromatic rings. The minimum atomic E-state index is -5.08. The summed E-state index contributed by atoms with van der Waals surface area (Å²) in [4.78, 5) is 40.3. The molecule has 0 spiro atoms. The number of carboxylic acid groups (broad SMARTS) is 3. The van der Waals surface area contributed by atoms with Gasteiger partial charge in [-0.25, -0.2) is 19.4 Å². The van der Waals surface area contributed by atoms with E-state index in [4.69, 9.17) is 39.1 Å². The first-order valence-corrected chi connectivity index (χ1v) is 12.4. The highest BCUT2D eigenvalue weighted by Gasteiger charge is 2.39. The molecule has 0 atom stereocenters. The number of furan rings is 1. The van der Waals surface area contributed by atoms with Crippen molar-refractivity contribution in [1.82, 2.24) is 24.3 Å². The molecule has 0 bridgehead atoms. The number of carbonyl (C=O) groups is 3. The van der Waals surface area contributed by atoms with Crippen molar-refractivity contribution in [2.24, 2.45) is 0 Å². The van der Waals surface area contributed by atoms with Crippen molar-refractivity contribution in [3.8, 4) is 0 Å². The minimum Gasteiger partial charge on any atom is -0.475 e. The fourth-order valence-electron chi connectivity index (χ4n) is 3.32. The molecule has 0 radical (unpaired) electrons. The SMILES string of the molecule is CN(Cc1cn2c(n1)CN(Cc1ccncc1)CC2)Cc1ccco1.O=C(O)C(F)(F)F.O=C(O)C(F)(F)F.O=C(O)C(F)(F)F. The number of pyridine rings is 1. The monoisotopic (exact) mass is 679 g/mol. The van der Waals surface area contributed by atoms with Crippen LogP contribution in [-0.2, 0) is 47.1 Å². The fraction of sp³-hybridized carbons (Fsp3) is 0.400. The van der Waals surface area contributed by atoms with E-state index in [1.807, 2.05) is 24.5 Å². The van der Waals surface area contributed by atoms with E-state index in [9.17, 15) is 39.5 Å². The molecule has 0 aromatic carbocycles. The van der Waals surface area contributed by atoms with Crippen molar-refractivity contribution in [1.29, 1.82) is 0 Å². The Balaban J connectivity index is 0.000000413. The Labute approximate surface area is 253 Å². The third-order valence-corrected chi connectivity index (χ3v) is 5.25. The van der Waals surface area contributed by atoms with Crippen molar-refractivity contribution < 1.29 is 73.6 Å². The lowest BCUT2D eigenvalue weighted by Gasteiger charge is -2.27. The van der Waals surface area contributed by atoms with Crippen LogP contribution in [0.2, 0.25) is 0 Å². The predicted molar refractivity (Wildman–Crippen MR) is 136 cm³/mol. The molecule has 0 amide bonds. The third-order valence-electron chi connectivity index (χ3n) is 5.25. The van der Waals surface area contributed by atoms with Gasteiger partial charge in [-0.15, -0.1) is 0 Å². The molecule has 0 unspecified atom stereocenters. The van der Waals surface area contributed by atoms with Crippen LogP contribution in [0.5, 0.6) is 0 Å². The summed E-state index contributed by atoms with van der Waals surface area (Å²) in [7, 11) is 2.09. The number of fused-ring (bicyclic) bond motifs is 1. The summed E-state index contributed by atoms with van der Waals surface area (Å²) in [5.41, 5.74) is 2.42. The second kappa shape index (κ2) is 17.1. The lowest BCUT2D eigenvalue weighted by molar-refractivity contribution is -0.193. The highest BCUT2D eigenvalue weighted by Crippen LogP contribution is 2.17. The highest BCUT2D eigenvalue weighted by atomic mass is 19.4. The van der Waals surface area contributed by atoms with E-state index in [1.54, 1.807) is 6.26 Å². The number of carboxylic acids is 3. The first-order chi connectivity index (χ1) is 21.1. The molecule has 0 aliphatic carbocycles. The first kappa shape index (κ1) is 39.4. The number of aromatic nitrogens is 3. The van der Waals surface area contributed by atoms with Gasteiger partial charge in [-0.2, -0.15) is 39.5 Å². The summed E-state index contributed by atoms with van der Waals surface area (Å²) in [6.07, 6.45) is -7.63. The largest absolute Gasteiger partial charge is 0.490 e. The van der Waals surface area contributed by atoms with Crippen molar-refractivity contribution in [3.05, 3.63) is 72.0 Å². The average Bonchev–Trinajstić information content (AvgIpc) is 3.57. The molecule has 4 rings (SSSR count). The Hall–Kier alpha value is -4.66. The van der Waals surface area contributed by atoms with Crippen LogP contribution in [0.15, 0.2) is 53.5 Å². The van der Waals surface area contributed by atoms with E-state index in [-0.39, 0.29) is 0 Å². The van der Waals surface area contributed by atoms with Crippen molar-refractivity contribution in [2.75, 3.05) is 13.6 Å². The van der Waals surface area contributed by atoms with Crippen molar-refractivity contribution in [3.63, 3.8) is 0 Å². The average molecular weight is 679 g/mol. The van der Waals surface area contributed by atoms with Crippen molar-refractivity contribution >= 4 is 17.9 Å². The molecule has 21 heteroatoms.